The average molecular weight is 588 g/mol. The van der Waals surface area contributed by atoms with Crippen molar-refractivity contribution in [2.75, 3.05) is 19.6 Å². The fraction of sp³-hybridized carbons (Fsp3) is 0.346. The molecule has 1 saturated heterocycles. The van der Waals surface area contributed by atoms with E-state index >= 15 is 0 Å². The molecule has 41 heavy (non-hydrogen) atoms. The van der Waals surface area contributed by atoms with Crippen LogP contribution in [0.3, 0.4) is 0 Å². The highest BCUT2D eigenvalue weighted by Crippen LogP contribution is 2.41. The van der Waals surface area contributed by atoms with Crippen LogP contribution in [0.2, 0.25) is 10.8 Å². The molecule has 0 aliphatic carbocycles. The lowest BCUT2D eigenvalue weighted by Crippen LogP contribution is -2.58. The van der Waals surface area contributed by atoms with E-state index in [0.717, 1.165) is 6.07 Å². The number of benzene rings is 2. The molecule has 0 aromatic heterocycles. The van der Waals surface area contributed by atoms with E-state index in [9.17, 15) is 44.3 Å². The Morgan fingerprint density at radius 3 is 2.51 bits per heavy atom. The largest absolute Gasteiger partial charge is 0.535 e. The smallest absolute Gasteiger partial charge is 0.526 e. The first-order valence-corrected chi connectivity index (χ1v) is 13.1. The number of nitrogens with zero attached hydrogens (tertiary/aromatic N) is 2. The quantitative estimate of drug-likeness (QED) is 0.181. The number of carboxylic acid groups (broad SMARTS) is 1. The number of nitrogens with one attached hydrogen (secondary N) is 1. The molecule has 0 unspecified atom stereocenters. The van der Waals surface area contributed by atoms with Gasteiger partial charge in [-0.05, 0) is 37.5 Å². The second-order valence-corrected chi connectivity index (χ2v) is 10.1. The summed E-state index contributed by atoms with van der Waals surface area (Å²) in [5, 5.41) is 42.2. The number of carbonyl (C=O) groups is 5. The number of phenolic OH excluding ortho intramolecular Hbond substituents is 2. The maximum atomic E-state index is 13.7. The number of carboxylic acids is 1. The number of rotatable bonds is 7. The minimum absolute atomic E-state index is 0.000505. The number of halogens is 1. The van der Waals surface area contributed by atoms with E-state index in [1.54, 1.807) is 26.0 Å². The van der Waals surface area contributed by atoms with Gasteiger partial charge in [0.1, 0.15) is 17.4 Å². The average Bonchev–Trinajstić information content (AvgIpc) is 2.92. The van der Waals surface area contributed by atoms with Crippen molar-refractivity contribution in [1.82, 2.24) is 15.1 Å². The van der Waals surface area contributed by atoms with Crippen LogP contribution in [0.5, 0.6) is 17.2 Å². The molecular weight excluding hydrogens is 561 g/mol. The molecule has 2 aromatic rings. The summed E-state index contributed by atoms with van der Waals surface area (Å²) in [6, 6.07) is 2.84. The predicted octanol–water partition coefficient (Wildman–Crippen LogP) is 1.64. The number of aryl methyl sites for hydroxylation is 1. The molecule has 5 N–H and O–H groups in total. The van der Waals surface area contributed by atoms with Crippen LogP contribution in [0.1, 0.15) is 46.4 Å². The van der Waals surface area contributed by atoms with E-state index in [1.807, 2.05) is 0 Å². The summed E-state index contributed by atoms with van der Waals surface area (Å²) in [5.74, 6) is -6.11. The fourth-order valence-corrected chi connectivity index (χ4v) is 5.20. The summed E-state index contributed by atoms with van der Waals surface area (Å²) in [4.78, 5) is 65.3. The maximum Gasteiger partial charge on any atom is 0.526 e. The molecule has 2 heterocycles. The minimum Gasteiger partial charge on any atom is -0.535 e. The number of Topliss-reactive ketones (excluding diaryl/α,β-unsaturated/α-hetero) is 1. The van der Waals surface area contributed by atoms with Gasteiger partial charge < -0.3 is 35.2 Å². The van der Waals surface area contributed by atoms with Crippen molar-refractivity contribution in [2.24, 2.45) is 0 Å². The Balaban J connectivity index is 1.62. The van der Waals surface area contributed by atoms with Crippen LogP contribution in [0, 0.1) is 6.92 Å². The minimum atomic E-state index is -1.58. The summed E-state index contributed by atoms with van der Waals surface area (Å²) in [7, 11) is -1.58. The first-order valence-electron chi connectivity index (χ1n) is 12.7. The molecule has 0 saturated carbocycles. The maximum absolute atomic E-state index is 13.7. The zero-order valence-corrected chi connectivity index (χ0v) is 22.8. The number of aromatic hydroxyl groups is 2. The Morgan fingerprint density at radius 2 is 1.85 bits per heavy atom. The van der Waals surface area contributed by atoms with E-state index in [2.05, 4.69) is 5.32 Å². The number of amides is 4. The van der Waals surface area contributed by atoms with Gasteiger partial charge in [0.05, 0.1) is 5.02 Å². The molecule has 216 valence electrons. The third-order valence-corrected chi connectivity index (χ3v) is 7.61. The SMILES string of the molecule is CCN1CCN(C(=O)N[C@@H](C(=O)C[C@H]2Cc3ccc(C)c(C(=O)O)c3OB2O)c2ccc(O)c(O)c2Cl)C(=O)C1=O. The van der Waals surface area contributed by atoms with E-state index < -0.39 is 71.5 Å². The van der Waals surface area contributed by atoms with E-state index in [1.165, 1.54) is 11.0 Å². The third-order valence-electron chi connectivity index (χ3n) is 7.21. The number of hydrogen-bond acceptors (Lipinski definition) is 9. The van der Waals surface area contributed by atoms with Gasteiger partial charge in [-0.25, -0.2) is 9.59 Å². The second kappa shape index (κ2) is 11.7. The van der Waals surface area contributed by atoms with Crippen LogP contribution >= 0.6 is 11.6 Å². The number of likely N-dealkylation sites (N-methyl/N-ethyl adjacent to an activating group) is 1. The van der Waals surface area contributed by atoms with Gasteiger partial charge in [0.25, 0.3) is 0 Å². The number of aromatic carboxylic acids is 1. The Labute approximate surface area is 239 Å². The number of urea groups is 1. The molecule has 2 aromatic carbocycles. The Bertz CT molecular complexity index is 1450. The number of imide groups is 1. The lowest BCUT2D eigenvalue weighted by Gasteiger charge is -2.33. The van der Waals surface area contributed by atoms with Gasteiger partial charge in [0.2, 0.25) is 0 Å². The number of ketones is 1. The van der Waals surface area contributed by atoms with Crippen LogP contribution in [-0.4, -0.2) is 86.5 Å². The van der Waals surface area contributed by atoms with Crippen LogP contribution in [0.4, 0.5) is 4.79 Å². The molecule has 0 spiro atoms. The van der Waals surface area contributed by atoms with Crippen molar-refractivity contribution in [3.8, 4) is 17.2 Å². The number of hydrogen-bond donors (Lipinski definition) is 5. The highest BCUT2D eigenvalue weighted by Gasteiger charge is 2.42. The van der Waals surface area contributed by atoms with Crippen molar-refractivity contribution < 1.29 is 49.0 Å². The third kappa shape index (κ3) is 5.65. The van der Waals surface area contributed by atoms with Gasteiger partial charge in [0.15, 0.2) is 17.3 Å². The monoisotopic (exact) mass is 587 g/mol. The Morgan fingerprint density at radius 1 is 1.15 bits per heavy atom. The van der Waals surface area contributed by atoms with E-state index in [4.69, 9.17) is 16.3 Å². The lowest BCUT2D eigenvalue weighted by atomic mass is 9.64. The van der Waals surface area contributed by atoms with Gasteiger partial charge in [-0.2, -0.15) is 0 Å². The predicted molar refractivity (Wildman–Crippen MR) is 144 cm³/mol. The second-order valence-electron chi connectivity index (χ2n) is 9.75. The van der Waals surface area contributed by atoms with E-state index in [0.29, 0.717) is 16.0 Å². The van der Waals surface area contributed by atoms with Crippen LogP contribution in [0.25, 0.3) is 0 Å². The molecular formula is C26H27BClN3O10. The summed E-state index contributed by atoms with van der Waals surface area (Å²) >= 11 is 6.21. The summed E-state index contributed by atoms with van der Waals surface area (Å²) < 4.78 is 5.53. The summed E-state index contributed by atoms with van der Waals surface area (Å²) in [6.45, 7) is 3.50. The van der Waals surface area contributed by atoms with Gasteiger partial charge in [-0.3, -0.25) is 19.3 Å². The first-order chi connectivity index (χ1) is 19.3. The topological polar surface area (TPSA) is 194 Å². The molecule has 2 aliphatic rings. The molecule has 0 bridgehead atoms. The number of fused-ring (bicyclic) bond motifs is 1. The molecule has 4 rings (SSSR count). The molecule has 4 amide bonds. The van der Waals surface area contributed by atoms with Crippen molar-refractivity contribution >= 4 is 48.3 Å². The van der Waals surface area contributed by atoms with E-state index in [-0.39, 0.29) is 42.9 Å². The molecule has 2 aliphatic heterocycles. The number of piperazine rings is 1. The van der Waals surface area contributed by atoms with Gasteiger partial charge in [0, 0.05) is 37.4 Å². The molecule has 2 atom stereocenters. The number of phenols is 2. The molecule has 1 fully saturated rings. The summed E-state index contributed by atoms with van der Waals surface area (Å²) in [6.07, 6.45) is -0.347. The zero-order valence-electron chi connectivity index (χ0n) is 22.1. The first kappa shape index (κ1) is 29.7. The number of carbonyl (C=O) groups excluding carboxylic acids is 4. The normalized spacial score (nSPS) is 17.6. The Kier molecular flexibility index (Phi) is 8.45. The van der Waals surface area contributed by atoms with Crippen molar-refractivity contribution in [3.05, 3.63) is 51.5 Å². The van der Waals surface area contributed by atoms with Crippen molar-refractivity contribution in [2.45, 2.75) is 38.5 Å². The highest BCUT2D eigenvalue weighted by atomic mass is 35.5. The molecule has 15 heteroatoms. The van der Waals surface area contributed by atoms with Crippen molar-refractivity contribution in [3.63, 3.8) is 0 Å². The zero-order chi connectivity index (χ0) is 30.2. The molecule has 13 nitrogen and oxygen atoms in total. The fourth-order valence-electron chi connectivity index (χ4n) is 4.93. The lowest BCUT2D eigenvalue weighted by molar-refractivity contribution is -0.153. The van der Waals surface area contributed by atoms with Crippen LogP contribution < -0.4 is 9.97 Å². The Hall–Kier alpha value is -4.30. The molecule has 0 radical (unpaired) electrons. The van der Waals surface area contributed by atoms with Crippen LogP contribution in [-0.2, 0) is 20.8 Å². The van der Waals surface area contributed by atoms with Gasteiger partial charge >= 0.3 is 30.9 Å². The van der Waals surface area contributed by atoms with Crippen molar-refractivity contribution in [1.29, 1.82) is 0 Å². The standard InChI is InChI=1S/C26H27BClN3O10/c1-3-30-8-9-31(24(36)23(30)35)26(39)29-20(15-6-7-16(32)21(34)19(15)28)17(33)11-14-10-13-5-4-12(2)18(25(37)38)22(13)41-27(14)40/h4-7,14,20,32,34,40H,3,8-11H2,1-2H3,(H,29,39)(H,37,38)/t14-,20-/m1/s1. The summed E-state index contributed by atoms with van der Waals surface area (Å²) in [5.41, 5.74) is 0.664. The van der Waals surface area contributed by atoms with Gasteiger partial charge in [-0.1, -0.05) is 29.8 Å². The van der Waals surface area contributed by atoms with Crippen LogP contribution in [0.15, 0.2) is 24.3 Å². The van der Waals surface area contributed by atoms with Gasteiger partial charge in [-0.15, -0.1) is 0 Å². The highest BCUT2D eigenvalue weighted by molar-refractivity contribution is 6.47.